The number of hydrogen-bond donors (Lipinski definition) is 2. The summed E-state index contributed by atoms with van der Waals surface area (Å²) in [4.78, 5) is 13.3. The van der Waals surface area contributed by atoms with Crippen molar-refractivity contribution < 1.29 is 9.90 Å². The molecule has 4 aliphatic rings. The van der Waals surface area contributed by atoms with Gasteiger partial charge in [-0.3, -0.25) is 4.79 Å². The Bertz CT molecular complexity index is 809. The lowest BCUT2D eigenvalue weighted by molar-refractivity contribution is -0.178. The minimum atomic E-state index is -0.585. The van der Waals surface area contributed by atoms with E-state index < -0.39 is 5.60 Å². The molecular formula is C26H31NO2. The number of amides is 1. The number of carbonyl (C=O) groups is 1. The Morgan fingerprint density at radius 3 is 2.00 bits per heavy atom. The maximum Gasteiger partial charge on any atom is 0.226 e. The van der Waals surface area contributed by atoms with E-state index in [9.17, 15) is 9.90 Å². The number of nitrogens with one attached hydrogen (secondary N) is 1. The van der Waals surface area contributed by atoms with Crippen LogP contribution in [0.5, 0.6) is 0 Å². The van der Waals surface area contributed by atoms with E-state index in [0.717, 1.165) is 32.1 Å². The van der Waals surface area contributed by atoms with Gasteiger partial charge in [0.1, 0.15) is 0 Å². The lowest BCUT2D eigenvalue weighted by Crippen LogP contribution is -2.60. The minimum absolute atomic E-state index is 0.185. The van der Waals surface area contributed by atoms with Crippen LogP contribution in [-0.4, -0.2) is 23.2 Å². The molecule has 4 aliphatic carbocycles. The summed E-state index contributed by atoms with van der Waals surface area (Å²) in [5, 5.41) is 14.2. The number of aliphatic hydroxyl groups is 1. The summed E-state index contributed by atoms with van der Waals surface area (Å²) in [5.41, 5.74) is 1.67. The molecule has 29 heavy (non-hydrogen) atoms. The molecule has 4 bridgehead atoms. The van der Waals surface area contributed by atoms with Gasteiger partial charge in [0.05, 0.1) is 11.0 Å². The molecule has 2 aromatic carbocycles. The first-order valence-electron chi connectivity index (χ1n) is 11.2. The van der Waals surface area contributed by atoms with Crippen molar-refractivity contribution in [3.8, 4) is 0 Å². The van der Waals surface area contributed by atoms with E-state index in [4.69, 9.17) is 0 Å². The van der Waals surface area contributed by atoms with Gasteiger partial charge in [-0.05, 0) is 67.9 Å². The number of hydrogen-bond acceptors (Lipinski definition) is 2. The summed E-state index contributed by atoms with van der Waals surface area (Å²) in [5.74, 6) is 1.53. The van der Waals surface area contributed by atoms with E-state index in [1.165, 1.54) is 17.5 Å². The summed E-state index contributed by atoms with van der Waals surface area (Å²) in [6.45, 7) is 0.669. The van der Waals surface area contributed by atoms with Crippen LogP contribution >= 0.6 is 0 Å². The highest BCUT2D eigenvalue weighted by Crippen LogP contribution is 2.61. The van der Waals surface area contributed by atoms with E-state index in [1.807, 2.05) is 12.1 Å². The second-order valence-corrected chi connectivity index (χ2v) is 9.88. The Morgan fingerprint density at radius 1 is 0.931 bits per heavy atom. The molecule has 4 fully saturated rings. The van der Waals surface area contributed by atoms with Gasteiger partial charge in [0.15, 0.2) is 0 Å². The van der Waals surface area contributed by atoms with Crippen LogP contribution in [0.15, 0.2) is 60.7 Å². The van der Waals surface area contributed by atoms with Gasteiger partial charge in [0.25, 0.3) is 0 Å². The van der Waals surface area contributed by atoms with Crippen molar-refractivity contribution in [1.82, 2.24) is 5.32 Å². The number of carbonyl (C=O) groups excluding carboxylic acids is 1. The third-order valence-corrected chi connectivity index (χ3v) is 7.63. The van der Waals surface area contributed by atoms with E-state index in [-0.39, 0.29) is 17.2 Å². The van der Waals surface area contributed by atoms with Gasteiger partial charge < -0.3 is 10.4 Å². The molecule has 4 atom stereocenters. The van der Waals surface area contributed by atoms with Crippen LogP contribution in [-0.2, 0) is 4.79 Å². The van der Waals surface area contributed by atoms with Gasteiger partial charge in [-0.25, -0.2) is 0 Å². The minimum Gasteiger partial charge on any atom is -0.390 e. The lowest BCUT2D eigenvalue weighted by atomic mass is 9.47. The fourth-order valence-corrected chi connectivity index (χ4v) is 6.89. The van der Waals surface area contributed by atoms with Crippen LogP contribution in [0.2, 0.25) is 0 Å². The fraction of sp³-hybridized carbons (Fsp3) is 0.500. The van der Waals surface area contributed by atoms with Crippen molar-refractivity contribution in [2.45, 2.75) is 56.5 Å². The van der Waals surface area contributed by atoms with Crippen molar-refractivity contribution in [2.24, 2.45) is 17.3 Å². The number of rotatable bonds is 6. The largest absolute Gasteiger partial charge is 0.390 e. The van der Waals surface area contributed by atoms with Gasteiger partial charge in [0.2, 0.25) is 5.91 Å². The van der Waals surface area contributed by atoms with Gasteiger partial charge in [-0.15, -0.1) is 0 Å². The Balaban J connectivity index is 1.28. The van der Waals surface area contributed by atoms with Gasteiger partial charge in [0, 0.05) is 12.5 Å². The standard InChI is InChI=1S/C26H31NO2/c28-24(25-14-19-13-20(15-25)17-26(29,16-19)18-25)27-12-11-23(21-7-3-1-4-8-21)22-9-5-2-6-10-22/h1-10,19-20,23,29H,11-18H2,(H,27,28)/t19-,20+,25?,26?. The molecule has 152 valence electrons. The zero-order valence-electron chi connectivity index (χ0n) is 17.0. The summed E-state index contributed by atoms with van der Waals surface area (Å²) >= 11 is 0. The molecule has 3 nitrogen and oxygen atoms in total. The maximum absolute atomic E-state index is 13.3. The topological polar surface area (TPSA) is 49.3 Å². The third kappa shape index (κ3) is 3.61. The predicted molar refractivity (Wildman–Crippen MR) is 114 cm³/mol. The molecular weight excluding hydrogens is 358 g/mol. The van der Waals surface area contributed by atoms with Crippen LogP contribution in [0.1, 0.15) is 62.0 Å². The zero-order chi connectivity index (χ0) is 19.9. The van der Waals surface area contributed by atoms with Crippen molar-refractivity contribution in [3.63, 3.8) is 0 Å². The van der Waals surface area contributed by atoms with E-state index in [1.54, 1.807) is 0 Å². The van der Waals surface area contributed by atoms with Crippen molar-refractivity contribution in [1.29, 1.82) is 0 Å². The van der Waals surface area contributed by atoms with Crippen LogP contribution in [0.25, 0.3) is 0 Å². The first-order chi connectivity index (χ1) is 14.1. The summed E-state index contributed by atoms with van der Waals surface area (Å²) in [7, 11) is 0. The quantitative estimate of drug-likeness (QED) is 0.755. The molecule has 0 aromatic heterocycles. The van der Waals surface area contributed by atoms with Gasteiger partial charge in [-0.1, -0.05) is 60.7 Å². The second-order valence-electron chi connectivity index (χ2n) is 9.88. The Hall–Kier alpha value is -2.13. The van der Waals surface area contributed by atoms with Crippen molar-refractivity contribution in [3.05, 3.63) is 71.8 Å². The molecule has 4 saturated carbocycles. The molecule has 0 aliphatic heterocycles. The molecule has 3 heteroatoms. The highest BCUT2D eigenvalue weighted by molar-refractivity contribution is 5.83. The van der Waals surface area contributed by atoms with Crippen LogP contribution in [0.4, 0.5) is 0 Å². The third-order valence-electron chi connectivity index (χ3n) is 7.63. The average Bonchev–Trinajstić information content (AvgIpc) is 2.70. The Kier molecular flexibility index (Phi) is 4.74. The monoisotopic (exact) mass is 389 g/mol. The van der Waals surface area contributed by atoms with Crippen molar-refractivity contribution >= 4 is 5.91 Å². The zero-order valence-corrected chi connectivity index (χ0v) is 17.0. The van der Waals surface area contributed by atoms with Crippen LogP contribution in [0.3, 0.4) is 0 Å². The van der Waals surface area contributed by atoms with E-state index in [2.05, 4.69) is 53.8 Å². The van der Waals surface area contributed by atoms with Crippen LogP contribution < -0.4 is 5.32 Å². The van der Waals surface area contributed by atoms with Gasteiger partial charge in [-0.2, -0.15) is 0 Å². The molecule has 0 spiro atoms. The smallest absolute Gasteiger partial charge is 0.226 e. The predicted octanol–water partition coefficient (Wildman–Crippen LogP) is 4.66. The lowest BCUT2D eigenvalue weighted by Gasteiger charge is -2.59. The van der Waals surface area contributed by atoms with E-state index >= 15 is 0 Å². The molecule has 0 saturated heterocycles. The molecule has 0 radical (unpaired) electrons. The molecule has 2 N–H and O–H groups in total. The Labute approximate surface area is 173 Å². The Morgan fingerprint density at radius 2 is 1.48 bits per heavy atom. The molecule has 1 amide bonds. The summed E-state index contributed by atoms with van der Waals surface area (Å²) < 4.78 is 0. The second kappa shape index (κ2) is 7.28. The molecule has 2 unspecified atom stereocenters. The fourth-order valence-electron chi connectivity index (χ4n) is 6.89. The van der Waals surface area contributed by atoms with Crippen molar-refractivity contribution in [2.75, 3.05) is 6.54 Å². The molecule has 0 heterocycles. The van der Waals surface area contributed by atoms with Gasteiger partial charge >= 0.3 is 0 Å². The van der Waals surface area contributed by atoms with E-state index in [0.29, 0.717) is 24.8 Å². The SMILES string of the molecule is O=C(NCCC(c1ccccc1)c1ccccc1)C12C[C@@H]3C[C@@H](CC(O)(C3)C1)C2. The molecule has 2 aromatic rings. The summed E-state index contributed by atoms with van der Waals surface area (Å²) in [6, 6.07) is 21.1. The molecule has 6 rings (SSSR count). The number of benzene rings is 2. The first kappa shape index (κ1) is 18.9. The average molecular weight is 390 g/mol. The maximum atomic E-state index is 13.3. The first-order valence-corrected chi connectivity index (χ1v) is 11.2. The van der Waals surface area contributed by atoms with Crippen LogP contribution in [0, 0.1) is 17.3 Å². The summed E-state index contributed by atoms with van der Waals surface area (Å²) in [6.07, 6.45) is 6.51. The normalized spacial score (nSPS) is 32.5. The highest BCUT2D eigenvalue weighted by Gasteiger charge is 2.60. The highest BCUT2D eigenvalue weighted by atomic mass is 16.3.